The average molecular weight is 319 g/mol. The van der Waals surface area contributed by atoms with Crippen molar-refractivity contribution in [3.63, 3.8) is 0 Å². The topological polar surface area (TPSA) is 49.2 Å². The molecular weight excluding hydrogens is 298 g/mol. The van der Waals surface area contributed by atoms with Crippen LogP contribution in [0.1, 0.15) is 29.7 Å². The Morgan fingerprint density at radius 2 is 1.71 bits per heavy atom. The molecule has 4 nitrogen and oxygen atoms in total. The molecule has 1 aromatic carbocycles. The smallest absolute Gasteiger partial charge is 0.146 e. The summed E-state index contributed by atoms with van der Waals surface area (Å²) in [5, 5.41) is 9.62. The van der Waals surface area contributed by atoms with Gasteiger partial charge in [-0.3, -0.25) is 0 Å². The summed E-state index contributed by atoms with van der Waals surface area (Å²) in [5.74, 6) is 0.960. The third-order valence-electron chi connectivity index (χ3n) is 4.98. The van der Waals surface area contributed by atoms with Gasteiger partial charge in [-0.15, -0.1) is 0 Å². The van der Waals surface area contributed by atoms with Crippen LogP contribution in [0, 0.1) is 11.3 Å². The lowest BCUT2D eigenvalue weighted by molar-refractivity contribution is 0.122. The predicted molar refractivity (Wildman–Crippen MR) is 94.1 cm³/mol. The highest BCUT2D eigenvalue weighted by molar-refractivity contribution is 5.81. The second-order valence-corrected chi connectivity index (χ2v) is 6.40. The summed E-state index contributed by atoms with van der Waals surface area (Å²) in [4.78, 5) is 7.09. The molecular formula is C20H21N3O. The Kier molecular flexibility index (Phi) is 4.18. The highest BCUT2D eigenvalue weighted by atomic mass is 16.5. The number of fused-ring (bicyclic) bond motifs is 1. The first-order valence-corrected chi connectivity index (χ1v) is 8.72. The van der Waals surface area contributed by atoms with E-state index >= 15 is 0 Å². The van der Waals surface area contributed by atoms with Gasteiger partial charge in [-0.1, -0.05) is 30.3 Å². The Morgan fingerprint density at radius 3 is 2.42 bits per heavy atom. The van der Waals surface area contributed by atoms with E-state index in [1.54, 1.807) is 0 Å². The lowest BCUT2D eigenvalue weighted by Crippen LogP contribution is -2.37. The molecule has 0 amide bonds. The molecule has 2 aliphatic rings. The van der Waals surface area contributed by atoms with Crippen LogP contribution >= 0.6 is 0 Å². The number of hydrogen-bond acceptors (Lipinski definition) is 4. The molecule has 0 atom stereocenters. The first-order valence-electron chi connectivity index (χ1n) is 8.72. The van der Waals surface area contributed by atoms with Crippen molar-refractivity contribution in [2.75, 3.05) is 31.2 Å². The fraction of sp³-hybridized carbons (Fsp3) is 0.400. The summed E-state index contributed by atoms with van der Waals surface area (Å²) in [5.41, 5.74) is 5.55. The first kappa shape index (κ1) is 15.2. The van der Waals surface area contributed by atoms with Crippen LogP contribution in [0.2, 0.25) is 0 Å². The maximum atomic E-state index is 9.62. The molecule has 0 spiro atoms. The minimum Gasteiger partial charge on any atom is -0.378 e. The lowest BCUT2D eigenvalue weighted by atomic mass is 9.85. The van der Waals surface area contributed by atoms with Crippen LogP contribution in [-0.2, 0) is 17.6 Å². The molecule has 4 rings (SSSR count). The summed E-state index contributed by atoms with van der Waals surface area (Å²) < 4.78 is 5.50. The normalized spacial score (nSPS) is 17.2. The number of benzene rings is 1. The first-order chi connectivity index (χ1) is 11.9. The van der Waals surface area contributed by atoms with Crippen LogP contribution in [0.15, 0.2) is 30.3 Å². The Labute approximate surface area is 142 Å². The number of pyridine rings is 1. The van der Waals surface area contributed by atoms with Gasteiger partial charge in [-0.05, 0) is 42.4 Å². The number of nitriles is 1. The molecule has 2 aromatic rings. The van der Waals surface area contributed by atoms with E-state index in [4.69, 9.17) is 9.72 Å². The molecule has 2 heterocycles. The van der Waals surface area contributed by atoms with Crippen molar-refractivity contribution in [1.82, 2.24) is 4.98 Å². The van der Waals surface area contributed by atoms with E-state index in [0.29, 0.717) is 5.69 Å². The summed E-state index contributed by atoms with van der Waals surface area (Å²) in [6, 6.07) is 12.8. The fourth-order valence-corrected chi connectivity index (χ4v) is 3.81. The molecule has 0 radical (unpaired) electrons. The second kappa shape index (κ2) is 6.62. The average Bonchev–Trinajstić information content (AvgIpc) is 2.68. The van der Waals surface area contributed by atoms with E-state index in [-0.39, 0.29) is 0 Å². The molecule has 24 heavy (non-hydrogen) atoms. The monoisotopic (exact) mass is 319 g/mol. The van der Waals surface area contributed by atoms with Gasteiger partial charge >= 0.3 is 0 Å². The molecule has 1 aliphatic carbocycles. The molecule has 0 N–H and O–H groups in total. The van der Waals surface area contributed by atoms with Crippen LogP contribution < -0.4 is 4.90 Å². The van der Waals surface area contributed by atoms with Crippen molar-refractivity contribution in [3.05, 3.63) is 47.2 Å². The van der Waals surface area contributed by atoms with Gasteiger partial charge < -0.3 is 9.64 Å². The van der Waals surface area contributed by atoms with E-state index < -0.39 is 0 Å². The van der Waals surface area contributed by atoms with Crippen LogP contribution in [0.5, 0.6) is 0 Å². The third-order valence-corrected chi connectivity index (χ3v) is 4.98. The van der Waals surface area contributed by atoms with Gasteiger partial charge in [-0.2, -0.15) is 5.26 Å². The van der Waals surface area contributed by atoms with E-state index in [1.807, 2.05) is 6.07 Å². The molecule has 122 valence electrons. The van der Waals surface area contributed by atoms with Crippen molar-refractivity contribution in [2.24, 2.45) is 0 Å². The van der Waals surface area contributed by atoms with Gasteiger partial charge in [0.25, 0.3) is 0 Å². The van der Waals surface area contributed by atoms with Crippen LogP contribution in [0.4, 0.5) is 5.82 Å². The van der Waals surface area contributed by atoms with Gasteiger partial charge in [-0.25, -0.2) is 4.98 Å². The standard InChI is InChI=1S/C20H21N3O/c21-14-18-16-8-4-5-9-17(16)19(15-6-2-1-3-7-15)20(22-18)23-10-12-24-13-11-23/h1-3,6-7H,4-5,8-13H2. The zero-order chi connectivity index (χ0) is 16.4. The molecule has 0 unspecified atom stereocenters. The minimum atomic E-state index is 0.617. The van der Waals surface area contributed by atoms with Crippen molar-refractivity contribution in [1.29, 1.82) is 5.26 Å². The number of nitrogens with zero attached hydrogens (tertiary/aromatic N) is 3. The highest BCUT2D eigenvalue weighted by Gasteiger charge is 2.26. The number of rotatable bonds is 2. The van der Waals surface area contributed by atoms with Gasteiger partial charge in [0.05, 0.1) is 13.2 Å². The summed E-state index contributed by atoms with van der Waals surface area (Å²) in [6.07, 6.45) is 4.33. The molecule has 0 bridgehead atoms. The van der Waals surface area contributed by atoms with Gasteiger partial charge in [0.1, 0.15) is 17.6 Å². The quantitative estimate of drug-likeness (QED) is 0.852. The molecule has 4 heteroatoms. The van der Waals surface area contributed by atoms with E-state index in [2.05, 4.69) is 35.2 Å². The van der Waals surface area contributed by atoms with E-state index in [0.717, 1.165) is 51.4 Å². The number of anilines is 1. The second-order valence-electron chi connectivity index (χ2n) is 6.40. The Hall–Kier alpha value is -2.38. The Bertz CT molecular complexity index is 774. The van der Waals surface area contributed by atoms with Crippen LogP contribution in [-0.4, -0.2) is 31.3 Å². The number of morpholine rings is 1. The van der Waals surface area contributed by atoms with Crippen molar-refractivity contribution in [2.45, 2.75) is 25.7 Å². The summed E-state index contributed by atoms with van der Waals surface area (Å²) >= 11 is 0. The van der Waals surface area contributed by atoms with Gasteiger partial charge in [0, 0.05) is 18.7 Å². The van der Waals surface area contributed by atoms with Crippen molar-refractivity contribution in [3.8, 4) is 17.2 Å². The summed E-state index contributed by atoms with van der Waals surface area (Å²) in [7, 11) is 0. The lowest BCUT2D eigenvalue weighted by Gasteiger charge is -2.32. The van der Waals surface area contributed by atoms with E-state index in [1.165, 1.54) is 28.7 Å². The van der Waals surface area contributed by atoms with Crippen LogP contribution in [0.25, 0.3) is 11.1 Å². The number of aromatic nitrogens is 1. The van der Waals surface area contributed by atoms with Crippen LogP contribution in [0.3, 0.4) is 0 Å². The van der Waals surface area contributed by atoms with Gasteiger partial charge in [0.2, 0.25) is 0 Å². The molecule has 1 aromatic heterocycles. The Balaban J connectivity index is 1.95. The highest BCUT2D eigenvalue weighted by Crippen LogP contribution is 2.39. The number of hydrogen-bond donors (Lipinski definition) is 0. The van der Waals surface area contributed by atoms with Crippen molar-refractivity contribution < 1.29 is 4.74 Å². The predicted octanol–water partition coefficient (Wildman–Crippen LogP) is 3.34. The molecule has 1 fully saturated rings. The SMILES string of the molecule is N#Cc1nc(N2CCOCC2)c(-c2ccccc2)c2c1CCCC2. The maximum Gasteiger partial charge on any atom is 0.146 e. The molecule has 1 saturated heterocycles. The molecule has 1 aliphatic heterocycles. The molecule has 0 saturated carbocycles. The maximum absolute atomic E-state index is 9.62. The zero-order valence-corrected chi connectivity index (χ0v) is 13.8. The minimum absolute atomic E-state index is 0.617. The van der Waals surface area contributed by atoms with E-state index in [9.17, 15) is 5.26 Å². The van der Waals surface area contributed by atoms with Crippen molar-refractivity contribution >= 4 is 5.82 Å². The van der Waals surface area contributed by atoms with Gasteiger partial charge in [0.15, 0.2) is 0 Å². The largest absolute Gasteiger partial charge is 0.378 e. The third kappa shape index (κ3) is 2.65. The number of ether oxygens (including phenoxy) is 1. The summed E-state index contributed by atoms with van der Waals surface area (Å²) in [6.45, 7) is 3.09. The Morgan fingerprint density at radius 1 is 1.00 bits per heavy atom. The zero-order valence-electron chi connectivity index (χ0n) is 13.8. The fourth-order valence-electron chi connectivity index (χ4n) is 3.81.